The largest absolute Gasteiger partial charge is 0.395 e. The molecule has 0 saturated heterocycles. The van der Waals surface area contributed by atoms with Crippen molar-refractivity contribution >= 4 is 5.91 Å². The van der Waals surface area contributed by atoms with E-state index in [0.29, 0.717) is 17.5 Å². The molecule has 4 heteroatoms. The number of nitrogens with zero attached hydrogens (tertiary/aromatic N) is 1. The minimum atomic E-state index is -0.103. The normalized spacial score (nSPS) is 15.1. The van der Waals surface area contributed by atoms with E-state index in [-0.39, 0.29) is 18.6 Å². The molecule has 1 aliphatic carbocycles. The van der Waals surface area contributed by atoms with Gasteiger partial charge in [0.1, 0.15) is 0 Å². The van der Waals surface area contributed by atoms with Crippen LogP contribution in [0.4, 0.5) is 0 Å². The Balaban J connectivity index is 2.02. The second-order valence-corrected chi connectivity index (χ2v) is 5.25. The highest BCUT2D eigenvalue weighted by Crippen LogP contribution is 2.33. The van der Waals surface area contributed by atoms with E-state index < -0.39 is 0 Å². The number of carbonyl (C=O) groups excluding carboxylic acids is 1. The number of hydrogen-bond acceptors (Lipinski definition) is 3. The number of aromatic nitrogens is 1. The average Bonchev–Trinajstić information content (AvgIpc) is 3.23. The Morgan fingerprint density at radius 1 is 1.60 bits per heavy atom. The van der Waals surface area contributed by atoms with Crippen LogP contribution in [-0.4, -0.2) is 28.6 Å². The molecule has 2 rings (SSSR count). The first-order valence-electron chi connectivity index (χ1n) is 7.05. The Morgan fingerprint density at radius 3 is 3.10 bits per heavy atom. The summed E-state index contributed by atoms with van der Waals surface area (Å²) >= 11 is 0. The number of pyridine rings is 1. The number of carbonyl (C=O) groups is 1. The van der Waals surface area contributed by atoms with Crippen LogP contribution in [0.5, 0.6) is 0 Å². The van der Waals surface area contributed by atoms with Gasteiger partial charge in [-0.05, 0) is 25.3 Å². The Morgan fingerprint density at radius 2 is 2.40 bits per heavy atom. The third-order valence-electron chi connectivity index (χ3n) is 3.29. The molecule has 0 bridgehead atoms. The van der Waals surface area contributed by atoms with Gasteiger partial charge in [0.05, 0.1) is 17.7 Å². The quantitative estimate of drug-likeness (QED) is 0.802. The number of aliphatic hydroxyl groups excluding tert-OH is 1. The SMILES string of the molecule is CC(CC1CC1)NC(=O)c1ccncc1C#CCCO. The fourth-order valence-corrected chi connectivity index (χ4v) is 2.12. The van der Waals surface area contributed by atoms with Crippen molar-refractivity contribution in [1.82, 2.24) is 10.3 Å². The predicted molar refractivity (Wildman–Crippen MR) is 77.1 cm³/mol. The summed E-state index contributed by atoms with van der Waals surface area (Å²) in [6.07, 6.45) is 7.19. The number of hydrogen-bond donors (Lipinski definition) is 2. The van der Waals surface area contributed by atoms with Crippen LogP contribution in [0.1, 0.15) is 48.5 Å². The summed E-state index contributed by atoms with van der Waals surface area (Å²) in [5.41, 5.74) is 1.16. The lowest BCUT2D eigenvalue weighted by molar-refractivity contribution is 0.0937. The smallest absolute Gasteiger partial charge is 0.252 e. The van der Waals surface area contributed by atoms with Crippen molar-refractivity contribution < 1.29 is 9.90 Å². The lowest BCUT2D eigenvalue weighted by Crippen LogP contribution is -2.33. The van der Waals surface area contributed by atoms with Crippen LogP contribution in [0.3, 0.4) is 0 Å². The highest BCUT2D eigenvalue weighted by atomic mass is 16.2. The molecule has 1 aliphatic rings. The van der Waals surface area contributed by atoms with E-state index >= 15 is 0 Å². The van der Waals surface area contributed by atoms with Gasteiger partial charge in [-0.15, -0.1) is 0 Å². The molecular formula is C16H20N2O2. The highest BCUT2D eigenvalue weighted by Gasteiger charge is 2.24. The van der Waals surface area contributed by atoms with Gasteiger partial charge in [-0.25, -0.2) is 0 Å². The number of nitrogens with one attached hydrogen (secondary N) is 1. The van der Waals surface area contributed by atoms with Crippen LogP contribution in [-0.2, 0) is 0 Å². The first kappa shape index (κ1) is 14.5. The standard InChI is InChI=1S/C16H20N2O2/c1-12(10-13-5-6-13)18-16(20)15-7-8-17-11-14(15)4-2-3-9-19/h7-8,11-13,19H,3,5-6,9-10H2,1H3,(H,18,20). The van der Waals surface area contributed by atoms with E-state index in [1.807, 2.05) is 6.92 Å². The van der Waals surface area contributed by atoms with E-state index in [0.717, 1.165) is 12.3 Å². The van der Waals surface area contributed by atoms with Crippen molar-refractivity contribution in [3.63, 3.8) is 0 Å². The van der Waals surface area contributed by atoms with Gasteiger partial charge in [-0.1, -0.05) is 24.7 Å². The van der Waals surface area contributed by atoms with Gasteiger partial charge in [0.25, 0.3) is 5.91 Å². The molecule has 1 aromatic rings. The maximum Gasteiger partial charge on any atom is 0.252 e. The van der Waals surface area contributed by atoms with Gasteiger partial charge in [-0.3, -0.25) is 9.78 Å². The minimum absolute atomic E-state index is 0.0210. The Kier molecular flexibility index (Phi) is 5.14. The summed E-state index contributed by atoms with van der Waals surface area (Å²) in [5, 5.41) is 11.7. The van der Waals surface area contributed by atoms with Crippen LogP contribution >= 0.6 is 0 Å². The van der Waals surface area contributed by atoms with E-state index in [1.165, 1.54) is 12.8 Å². The molecule has 1 atom stereocenters. The molecule has 1 amide bonds. The van der Waals surface area contributed by atoms with Crippen molar-refractivity contribution in [2.24, 2.45) is 5.92 Å². The van der Waals surface area contributed by atoms with Gasteiger partial charge in [-0.2, -0.15) is 0 Å². The second kappa shape index (κ2) is 7.06. The zero-order valence-electron chi connectivity index (χ0n) is 11.7. The molecule has 0 radical (unpaired) electrons. The second-order valence-electron chi connectivity index (χ2n) is 5.25. The Hall–Kier alpha value is -1.86. The monoisotopic (exact) mass is 272 g/mol. The minimum Gasteiger partial charge on any atom is -0.395 e. The van der Waals surface area contributed by atoms with Crippen molar-refractivity contribution in [3.05, 3.63) is 29.6 Å². The van der Waals surface area contributed by atoms with Gasteiger partial charge in [0, 0.05) is 24.9 Å². The topological polar surface area (TPSA) is 62.2 Å². The molecule has 4 nitrogen and oxygen atoms in total. The van der Waals surface area contributed by atoms with E-state index in [2.05, 4.69) is 22.1 Å². The fraction of sp³-hybridized carbons (Fsp3) is 0.500. The summed E-state index contributed by atoms with van der Waals surface area (Å²) in [4.78, 5) is 16.3. The third kappa shape index (κ3) is 4.36. The number of aliphatic hydroxyl groups is 1. The van der Waals surface area contributed by atoms with E-state index in [4.69, 9.17) is 5.11 Å². The van der Waals surface area contributed by atoms with Crippen LogP contribution in [0.15, 0.2) is 18.5 Å². The molecule has 1 unspecified atom stereocenters. The molecule has 1 fully saturated rings. The van der Waals surface area contributed by atoms with Crippen LogP contribution in [0.25, 0.3) is 0 Å². The summed E-state index contributed by atoms with van der Waals surface area (Å²) in [5.74, 6) is 6.39. The van der Waals surface area contributed by atoms with Crippen molar-refractivity contribution in [3.8, 4) is 11.8 Å². The molecule has 1 aromatic heterocycles. The summed E-state index contributed by atoms with van der Waals surface area (Å²) in [6.45, 7) is 2.06. The fourth-order valence-electron chi connectivity index (χ4n) is 2.12. The summed E-state index contributed by atoms with van der Waals surface area (Å²) in [7, 11) is 0. The molecule has 0 spiro atoms. The molecule has 1 heterocycles. The zero-order chi connectivity index (χ0) is 14.4. The van der Waals surface area contributed by atoms with Gasteiger partial charge in [0.2, 0.25) is 0 Å². The van der Waals surface area contributed by atoms with Crippen LogP contribution in [0.2, 0.25) is 0 Å². The molecule has 106 valence electrons. The lowest BCUT2D eigenvalue weighted by atomic mass is 10.1. The maximum absolute atomic E-state index is 12.3. The van der Waals surface area contributed by atoms with Gasteiger partial charge < -0.3 is 10.4 Å². The summed E-state index contributed by atoms with van der Waals surface area (Å²) in [6, 6.07) is 1.86. The van der Waals surface area contributed by atoms with E-state index in [9.17, 15) is 4.79 Å². The maximum atomic E-state index is 12.3. The third-order valence-corrected chi connectivity index (χ3v) is 3.29. The molecular weight excluding hydrogens is 252 g/mol. The molecule has 0 aliphatic heterocycles. The molecule has 2 N–H and O–H groups in total. The van der Waals surface area contributed by atoms with Gasteiger partial charge in [0.15, 0.2) is 0 Å². The molecule has 1 saturated carbocycles. The summed E-state index contributed by atoms with van der Waals surface area (Å²) < 4.78 is 0. The van der Waals surface area contributed by atoms with Gasteiger partial charge >= 0.3 is 0 Å². The van der Waals surface area contributed by atoms with Crippen molar-refractivity contribution in [2.45, 2.75) is 38.6 Å². The highest BCUT2D eigenvalue weighted by molar-refractivity contribution is 5.96. The van der Waals surface area contributed by atoms with Crippen LogP contribution < -0.4 is 5.32 Å². The zero-order valence-corrected chi connectivity index (χ0v) is 11.7. The number of amides is 1. The Labute approximate surface area is 119 Å². The Bertz CT molecular complexity index is 527. The first-order valence-corrected chi connectivity index (χ1v) is 7.05. The average molecular weight is 272 g/mol. The predicted octanol–water partition coefficient (Wildman–Crippen LogP) is 1.73. The first-order chi connectivity index (χ1) is 9.70. The lowest BCUT2D eigenvalue weighted by Gasteiger charge is -2.13. The van der Waals surface area contributed by atoms with E-state index in [1.54, 1.807) is 18.5 Å². The van der Waals surface area contributed by atoms with Crippen molar-refractivity contribution in [2.75, 3.05) is 6.61 Å². The molecule has 0 aromatic carbocycles. The molecule has 20 heavy (non-hydrogen) atoms. The van der Waals surface area contributed by atoms with Crippen LogP contribution in [0, 0.1) is 17.8 Å². The van der Waals surface area contributed by atoms with Crippen molar-refractivity contribution in [1.29, 1.82) is 0 Å². The number of rotatable bonds is 5.